The van der Waals surface area contributed by atoms with Crippen molar-refractivity contribution in [3.63, 3.8) is 0 Å². The molecular formula is C18H18N6. The zero-order valence-corrected chi connectivity index (χ0v) is 13.1. The maximum Gasteiger partial charge on any atom is 0.0979 e. The SMILES string of the molecule is C1=CN2/C=c3/cc/c([nH]3)=C/N3C=CN(/C=c4/ccc([nH]4)=CN1C2)C3. The molecule has 6 nitrogen and oxygen atoms in total. The Bertz CT molecular complexity index is 890. The van der Waals surface area contributed by atoms with Gasteiger partial charge in [-0.1, -0.05) is 0 Å². The Morgan fingerprint density at radius 3 is 1.08 bits per heavy atom. The van der Waals surface area contributed by atoms with Gasteiger partial charge in [0.1, 0.15) is 0 Å². The van der Waals surface area contributed by atoms with Crippen LogP contribution in [0.1, 0.15) is 0 Å². The van der Waals surface area contributed by atoms with E-state index in [-0.39, 0.29) is 0 Å². The molecule has 2 N–H and O–H groups in total. The summed E-state index contributed by atoms with van der Waals surface area (Å²) in [4.78, 5) is 15.5. The number of fused-ring (bicyclic) bond motifs is 8. The molecule has 0 aromatic carbocycles. The lowest BCUT2D eigenvalue weighted by Gasteiger charge is -2.14. The molecule has 3 aliphatic rings. The Hall–Kier alpha value is -3.28. The topological polar surface area (TPSA) is 44.5 Å². The quantitative estimate of drug-likeness (QED) is 0.661. The summed E-state index contributed by atoms with van der Waals surface area (Å²) in [5.41, 5.74) is 0. The molecule has 5 heterocycles. The van der Waals surface area contributed by atoms with Crippen LogP contribution in [0.5, 0.6) is 0 Å². The number of hydrogen-bond acceptors (Lipinski definition) is 4. The van der Waals surface area contributed by atoms with Crippen LogP contribution in [0.2, 0.25) is 0 Å². The second-order valence-electron chi connectivity index (χ2n) is 6.19. The van der Waals surface area contributed by atoms with E-state index in [1.807, 2.05) is 0 Å². The first kappa shape index (κ1) is 13.2. The summed E-state index contributed by atoms with van der Waals surface area (Å²) in [5, 5.41) is 4.37. The van der Waals surface area contributed by atoms with E-state index >= 15 is 0 Å². The zero-order valence-electron chi connectivity index (χ0n) is 13.1. The third-order valence-corrected chi connectivity index (χ3v) is 4.23. The first-order chi connectivity index (χ1) is 11.8. The first-order valence-electron chi connectivity index (χ1n) is 7.97. The molecule has 2 aromatic rings. The van der Waals surface area contributed by atoms with Crippen LogP contribution in [0.3, 0.4) is 0 Å². The van der Waals surface area contributed by atoms with Crippen molar-refractivity contribution in [2.75, 3.05) is 13.3 Å². The molecule has 0 atom stereocenters. The van der Waals surface area contributed by atoms with Gasteiger partial charge in [0.25, 0.3) is 0 Å². The first-order valence-corrected chi connectivity index (χ1v) is 7.97. The highest BCUT2D eigenvalue weighted by molar-refractivity contribution is 5.32. The zero-order chi connectivity index (χ0) is 15.9. The summed E-state index contributed by atoms with van der Waals surface area (Å²) in [6.07, 6.45) is 16.8. The summed E-state index contributed by atoms with van der Waals surface area (Å²) < 4.78 is 0. The summed E-state index contributed by atoms with van der Waals surface area (Å²) in [6, 6.07) is 8.41. The molecule has 0 saturated heterocycles. The summed E-state index contributed by atoms with van der Waals surface area (Å²) >= 11 is 0. The van der Waals surface area contributed by atoms with Crippen molar-refractivity contribution < 1.29 is 0 Å². The van der Waals surface area contributed by atoms with Crippen LogP contribution in [-0.2, 0) is 0 Å². The average Bonchev–Trinajstić information content (AvgIpc) is 3.32. The lowest BCUT2D eigenvalue weighted by Crippen LogP contribution is -2.25. The van der Waals surface area contributed by atoms with Gasteiger partial charge in [-0.3, -0.25) is 0 Å². The number of hydrogen-bond donors (Lipinski definition) is 2. The maximum atomic E-state index is 3.44. The fraction of sp³-hybridized carbons (Fsp3) is 0.111. The summed E-state index contributed by atoms with van der Waals surface area (Å²) in [5.74, 6) is 0. The summed E-state index contributed by atoms with van der Waals surface area (Å²) in [6.45, 7) is 1.60. The van der Waals surface area contributed by atoms with E-state index in [9.17, 15) is 0 Å². The minimum atomic E-state index is 0.802. The minimum absolute atomic E-state index is 0.802. The van der Waals surface area contributed by atoms with E-state index in [0.29, 0.717) is 0 Å². The van der Waals surface area contributed by atoms with E-state index in [1.165, 1.54) is 0 Å². The molecule has 3 aliphatic heterocycles. The third-order valence-electron chi connectivity index (χ3n) is 4.23. The van der Waals surface area contributed by atoms with Crippen molar-refractivity contribution in [2.24, 2.45) is 0 Å². The number of H-pyrrole nitrogens is 2. The van der Waals surface area contributed by atoms with Crippen LogP contribution < -0.4 is 21.4 Å². The number of nitrogens with one attached hydrogen (secondary N) is 2. The highest BCUT2D eigenvalue weighted by Crippen LogP contribution is 2.08. The van der Waals surface area contributed by atoms with Gasteiger partial charge in [0, 0.05) is 49.6 Å². The second-order valence-corrected chi connectivity index (χ2v) is 6.19. The second kappa shape index (κ2) is 5.13. The highest BCUT2D eigenvalue weighted by Gasteiger charge is 2.09. The van der Waals surface area contributed by atoms with Crippen LogP contribution in [-0.4, -0.2) is 42.9 Å². The molecule has 0 radical (unpaired) electrons. The van der Waals surface area contributed by atoms with Crippen molar-refractivity contribution >= 4 is 24.8 Å². The normalized spacial score (nSPS) is 22.6. The Morgan fingerprint density at radius 2 is 0.792 bits per heavy atom. The van der Waals surface area contributed by atoms with E-state index in [2.05, 4.69) is 103 Å². The van der Waals surface area contributed by atoms with Crippen molar-refractivity contribution in [2.45, 2.75) is 0 Å². The number of nitrogens with zero attached hydrogens (tertiary/aromatic N) is 4. The number of aromatic amines is 2. The Morgan fingerprint density at radius 1 is 0.500 bits per heavy atom. The minimum Gasteiger partial charge on any atom is -0.353 e. The highest BCUT2D eigenvalue weighted by atomic mass is 15.3. The molecule has 0 amide bonds. The van der Waals surface area contributed by atoms with Crippen molar-refractivity contribution in [1.29, 1.82) is 0 Å². The van der Waals surface area contributed by atoms with E-state index in [1.54, 1.807) is 0 Å². The lowest BCUT2D eigenvalue weighted by atomic mass is 10.5. The predicted octanol–water partition coefficient (Wildman–Crippen LogP) is -0.899. The van der Waals surface area contributed by atoms with Gasteiger partial charge in [-0.2, -0.15) is 0 Å². The molecule has 0 spiro atoms. The van der Waals surface area contributed by atoms with Crippen LogP contribution in [0.15, 0.2) is 49.1 Å². The average molecular weight is 318 g/mol. The monoisotopic (exact) mass is 318 g/mol. The molecule has 8 bridgehead atoms. The largest absolute Gasteiger partial charge is 0.353 e. The Labute approximate surface area is 138 Å². The molecule has 0 saturated carbocycles. The standard InChI is InChI=1S/C18H18N6/c1-2-16-10-22-7-8-24(14-22)12-18-4-3-17(20-18)11-23-6-5-21(13-23)9-15(1)19-16/h1-12,19-20H,13-14H2/b15-9-,16-10-,17-11-,18-12?. The Balaban J connectivity index is 1.62. The van der Waals surface area contributed by atoms with Gasteiger partial charge >= 0.3 is 0 Å². The van der Waals surface area contributed by atoms with Crippen molar-refractivity contribution in [1.82, 2.24) is 29.6 Å². The smallest absolute Gasteiger partial charge is 0.0979 e. The third kappa shape index (κ3) is 2.48. The van der Waals surface area contributed by atoms with Gasteiger partial charge in [-0.05, 0) is 24.3 Å². The van der Waals surface area contributed by atoms with Crippen LogP contribution in [0.25, 0.3) is 24.8 Å². The van der Waals surface area contributed by atoms with Crippen LogP contribution >= 0.6 is 0 Å². The number of aromatic nitrogens is 2. The Kier molecular flexibility index (Phi) is 2.82. The fourth-order valence-corrected chi connectivity index (χ4v) is 3.12. The molecule has 0 fully saturated rings. The van der Waals surface area contributed by atoms with Crippen molar-refractivity contribution in [3.05, 3.63) is 70.5 Å². The van der Waals surface area contributed by atoms with E-state index < -0.39 is 0 Å². The predicted molar refractivity (Wildman–Crippen MR) is 93.3 cm³/mol. The molecule has 0 aliphatic carbocycles. The molecule has 6 heteroatoms. The van der Waals surface area contributed by atoms with Gasteiger partial charge in [-0.15, -0.1) is 0 Å². The van der Waals surface area contributed by atoms with Gasteiger partial charge < -0.3 is 29.6 Å². The van der Waals surface area contributed by atoms with Crippen LogP contribution in [0.4, 0.5) is 0 Å². The molecular weight excluding hydrogens is 300 g/mol. The molecule has 5 rings (SSSR count). The lowest BCUT2D eigenvalue weighted by molar-refractivity contribution is 0.435. The van der Waals surface area contributed by atoms with E-state index in [0.717, 1.165) is 34.7 Å². The van der Waals surface area contributed by atoms with Gasteiger partial charge in [0.05, 0.1) is 34.7 Å². The van der Waals surface area contributed by atoms with E-state index in [4.69, 9.17) is 0 Å². The van der Waals surface area contributed by atoms with Crippen molar-refractivity contribution in [3.8, 4) is 0 Å². The van der Waals surface area contributed by atoms with Gasteiger partial charge in [0.2, 0.25) is 0 Å². The maximum absolute atomic E-state index is 3.44. The molecule has 0 unspecified atom stereocenters. The molecule has 120 valence electrons. The van der Waals surface area contributed by atoms with Gasteiger partial charge in [0.15, 0.2) is 0 Å². The number of rotatable bonds is 0. The molecule has 24 heavy (non-hydrogen) atoms. The van der Waals surface area contributed by atoms with Crippen LogP contribution in [0, 0.1) is 0 Å². The fourth-order valence-electron chi connectivity index (χ4n) is 3.12. The molecule has 2 aromatic heterocycles. The summed E-state index contributed by atoms with van der Waals surface area (Å²) in [7, 11) is 0. The van der Waals surface area contributed by atoms with Gasteiger partial charge in [-0.25, -0.2) is 0 Å².